The van der Waals surface area contributed by atoms with E-state index < -0.39 is 0 Å². The van der Waals surface area contributed by atoms with Crippen LogP contribution in [-0.4, -0.2) is 25.0 Å². The van der Waals surface area contributed by atoms with Crippen LogP contribution in [0.3, 0.4) is 0 Å². The lowest BCUT2D eigenvalue weighted by Crippen LogP contribution is -2.43. The Balaban J connectivity index is 1.69. The third-order valence-corrected chi connectivity index (χ3v) is 5.00. The summed E-state index contributed by atoms with van der Waals surface area (Å²) in [5.74, 6) is 2.38. The van der Waals surface area contributed by atoms with Crippen molar-refractivity contribution >= 4 is 5.91 Å². The molecule has 1 saturated carbocycles. The lowest BCUT2D eigenvalue weighted by Gasteiger charge is -2.34. The maximum Gasteiger partial charge on any atom is 0.220 e. The molecule has 3 heteroatoms. The summed E-state index contributed by atoms with van der Waals surface area (Å²) in [4.78, 5) is 12.0. The first kappa shape index (κ1) is 13.9. The second kappa shape index (κ2) is 6.55. The topological polar surface area (TPSA) is 41.1 Å². The van der Waals surface area contributed by atoms with Gasteiger partial charge in [-0.3, -0.25) is 4.79 Å². The Labute approximate surface area is 111 Å². The van der Waals surface area contributed by atoms with Gasteiger partial charge >= 0.3 is 0 Å². The second-order valence-electron chi connectivity index (χ2n) is 6.34. The molecule has 3 nitrogen and oxygen atoms in total. The largest absolute Gasteiger partial charge is 0.353 e. The van der Waals surface area contributed by atoms with Gasteiger partial charge in [0.2, 0.25) is 5.91 Å². The highest BCUT2D eigenvalue weighted by atomic mass is 16.1. The fourth-order valence-corrected chi connectivity index (χ4v) is 3.36. The zero-order chi connectivity index (χ0) is 13.0. The van der Waals surface area contributed by atoms with Crippen LogP contribution < -0.4 is 10.6 Å². The Morgan fingerprint density at radius 3 is 2.83 bits per heavy atom. The van der Waals surface area contributed by atoms with Crippen LogP contribution in [-0.2, 0) is 4.79 Å². The molecule has 104 valence electrons. The van der Waals surface area contributed by atoms with E-state index in [0.717, 1.165) is 31.3 Å². The third-order valence-electron chi connectivity index (χ3n) is 5.00. The molecule has 1 aliphatic heterocycles. The molecule has 0 bridgehead atoms. The maximum absolute atomic E-state index is 12.0. The van der Waals surface area contributed by atoms with Gasteiger partial charge in [0.1, 0.15) is 0 Å². The van der Waals surface area contributed by atoms with E-state index in [-0.39, 0.29) is 5.91 Å². The molecule has 1 heterocycles. The van der Waals surface area contributed by atoms with Gasteiger partial charge < -0.3 is 10.6 Å². The third kappa shape index (κ3) is 3.71. The quantitative estimate of drug-likeness (QED) is 0.806. The van der Waals surface area contributed by atoms with Gasteiger partial charge in [-0.2, -0.15) is 0 Å². The maximum atomic E-state index is 12.0. The summed E-state index contributed by atoms with van der Waals surface area (Å²) in [5.41, 5.74) is 0. The van der Waals surface area contributed by atoms with Crippen LogP contribution in [0.25, 0.3) is 0 Å². The number of hydrogen-bond donors (Lipinski definition) is 2. The molecule has 1 saturated heterocycles. The number of rotatable bonds is 4. The minimum atomic E-state index is 0.271. The van der Waals surface area contributed by atoms with Crippen LogP contribution in [0.4, 0.5) is 0 Å². The fraction of sp³-hybridized carbons (Fsp3) is 0.933. The zero-order valence-electron chi connectivity index (χ0n) is 11.9. The fourth-order valence-electron chi connectivity index (χ4n) is 3.36. The zero-order valence-corrected chi connectivity index (χ0v) is 11.9. The molecule has 0 aromatic heterocycles. The highest BCUT2D eigenvalue weighted by Gasteiger charge is 2.28. The van der Waals surface area contributed by atoms with Crippen LogP contribution in [0.2, 0.25) is 0 Å². The summed E-state index contributed by atoms with van der Waals surface area (Å²) in [6.45, 7) is 6.83. The Morgan fingerprint density at radius 1 is 1.28 bits per heavy atom. The van der Waals surface area contributed by atoms with Gasteiger partial charge in [0.05, 0.1) is 0 Å². The number of amides is 1. The summed E-state index contributed by atoms with van der Waals surface area (Å²) >= 11 is 0. The monoisotopic (exact) mass is 252 g/mol. The van der Waals surface area contributed by atoms with Crippen molar-refractivity contribution in [2.75, 3.05) is 13.1 Å². The first-order chi connectivity index (χ1) is 8.66. The van der Waals surface area contributed by atoms with E-state index in [9.17, 15) is 4.79 Å². The SMILES string of the molecule is CC1CCCC(NC(=O)CCC2CCNC2)C1C. The minimum Gasteiger partial charge on any atom is -0.353 e. The standard InChI is InChI=1S/C15H28N2O/c1-11-4-3-5-14(12(11)2)17-15(18)7-6-13-8-9-16-10-13/h11-14,16H,3-10H2,1-2H3,(H,17,18). The molecule has 2 N–H and O–H groups in total. The van der Waals surface area contributed by atoms with Gasteiger partial charge in [0.15, 0.2) is 0 Å². The predicted molar refractivity (Wildman–Crippen MR) is 74.3 cm³/mol. The van der Waals surface area contributed by atoms with E-state index in [0.29, 0.717) is 18.4 Å². The van der Waals surface area contributed by atoms with Crippen molar-refractivity contribution in [3.8, 4) is 0 Å². The molecule has 4 atom stereocenters. The normalized spacial score (nSPS) is 36.6. The molecule has 1 aliphatic carbocycles. The molecule has 4 unspecified atom stereocenters. The molecule has 2 aliphatic rings. The van der Waals surface area contributed by atoms with Gasteiger partial charge in [-0.25, -0.2) is 0 Å². The van der Waals surface area contributed by atoms with E-state index in [2.05, 4.69) is 24.5 Å². The molecular weight excluding hydrogens is 224 g/mol. The van der Waals surface area contributed by atoms with E-state index in [1.165, 1.54) is 25.7 Å². The van der Waals surface area contributed by atoms with E-state index in [4.69, 9.17) is 0 Å². The smallest absolute Gasteiger partial charge is 0.220 e. The van der Waals surface area contributed by atoms with Gasteiger partial charge in [-0.15, -0.1) is 0 Å². The molecule has 0 aromatic carbocycles. The van der Waals surface area contributed by atoms with Crippen LogP contribution >= 0.6 is 0 Å². The van der Waals surface area contributed by atoms with Crippen molar-refractivity contribution in [1.29, 1.82) is 0 Å². The van der Waals surface area contributed by atoms with Crippen molar-refractivity contribution in [2.24, 2.45) is 17.8 Å². The summed E-state index contributed by atoms with van der Waals surface area (Å²) in [6, 6.07) is 0.419. The number of carbonyl (C=O) groups excluding carboxylic acids is 1. The molecule has 0 spiro atoms. The molecule has 18 heavy (non-hydrogen) atoms. The average molecular weight is 252 g/mol. The molecule has 0 radical (unpaired) electrons. The van der Waals surface area contributed by atoms with Crippen molar-refractivity contribution in [2.45, 2.75) is 58.4 Å². The van der Waals surface area contributed by atoms with Crippen molar-refractivity contribution in [1.82, 2.24) is 10.6 Å². The number of nitrogens with one attached hydrogen (secondary N) is 2. The highest BCUT2D eigenvalue weighted by molar-refractivity contribution is 5.76. The van der Waals surface area contributed by atoms with E-state index in [1.807, 2.05) is 0 Å². The predicted octanol–water partition coefficient (Wildman–Crippen LogP) is 2.32. The minimum absolute atomic E-state index is 0.271. The van der Waals surface area contributed by atoms with Gasteiger partial charge in [-0.1, -0.05) is 26.7 Å². The average Bonchev–Trinajstić information content (AvgIpc) is 2.86. The highest BCUT2D eigenvalue weighted by Crippen LogP contribution is 2.29. The van der Waals surface area contributed by atoms with Crippen LogP contribution in [0.1, 0.15) is 52.4 Å². The van der Waals surface area contributed by atoms with Crippen LogP contribution in [0.5, 0.6) is 0 Å². The Morgan fingerprint density at radius 2 is 2.11 bits per heavy atom. The first-order valence-corrected chi connectivity index (χ1v) is 7.67. The molecule has 2 rings (SSSR count). The van der Waals surface area contributed by atoms with Crippen molar-refractivity contribution in [3.63, 3.8) is 0 Å². The van der Waals surface area contributed by atoms with Gasteiger partial charge in [0.25, 0.3) is 0 Å². The molecule has 2 fully saturated rings. The number of carbonyl (C=O) groups is 1. The summed E-state index contributed by atoms with van der Waals surface area (Å²) in [6.07, 6.45) is 6.76. The Bertz CT molecular complexity index is 274. The molecule has 1 amide bonds. The van der Waals surface area contributed by atoms with Gasteiger partial charge in [0, 0.05) is 12.5 Å². The lowest BCUT2D eigenvalue weighted by atomic mass is 9.78. The Kier molecular flexibility index (Phi) is 5.04. The van der Waals surface area contributed by atoms with E-state index >= 15 is 0 Å². The molecule has 0 aromatic rings. The first-order valence-electron chi connectivity index (χ1n) is 7.67. The van der Waals surface area contributed by atoms with Crippen molar-refractivity contribution < 1.29 is 4.79 Å². The molecular formula is C15H28N2O. The van der Waals surface area contributed by atoms with Crippen molar-refractivity contribution in [3.05, 3.63) is 0 Å². The second-order valence-corrected chi connectivity index (χ2v) is 6.34. The van der Waals surface area contributed by atoms with E-state index in [1.54, 1.807) is 0 Å². The summed E-state index contributed by atoms with van der Waals surface area (Å²) < 4.78 is 0. The lowest BCUT2D eigenvalue weighted by molar-refractivity contribution is -0.122. The summed E-state index contributed by atoms with van der Waals surface area (Å²) in [5, 5.41) is 6.62. The summed E-state index contributed by atoms with van der Waals surface area (Å²) in [7, 11) is 0. The van der Waals surface area contributed by atoms with Gasteiger partial charge in [-0.05, 0) is 50.1 Å². The van der Waals surface area contributed by atoms with Crippen LogP contribution in [0, 0.1) is 17.8 Å². The number of hydrogen-bond acceptors (Lipinski definition) is 2. The Hall–Kier alpha value is -0.570. The van der Waals surface area contributed by atoms with Crippen LogP contribution in [0.15, 0.2) is 0 Å².